The molecular formula is C19H35N3O6. The van der Waals surface area contributed by atoms with Crippen molar-refractivity contribution in [3.05, 3.63) is 0 Å². The zero-order valence-corrected chi connectivity index (χ0v) is 18.0. The van der Waals surface area contributed by atoms with Gasteiger partial charge in [0.2, 0.25) is 11.8 Å². The zero-order valence-electron chi connectivity index (χ0n) is 18.0. The van der Waals surface area contributed by atoms with Gasteiger partial charge in [-0.1, -0.05) is 13.8 Å². The number of methoxy groups -OCH3 is 1. The molecule has 2 unspecified atom stereocenters. The largest absolute Gasteiger partial charge is 0.467 e. The average Bonchev–Trinajstić information content (AvgIpc) is 2.57. The Balaban J connectivity index is 4.42. The summed E-state index contributed by atoms with van der Waals surface area (Å²) in [5, 5.41) is 7.82. The molecule has 0 fully saturated rings. The van der Waals surface area contributed by atoms with Crippen LogP contribution in [0.4, 0.5) is 4.79 Å². The fourth-order valence-corrected chi connectivity index (χ4v) is 2.11. The van der Waals surface area contributed by atoms with E-state index in [-0.39, 0.29) is 11.8 Å². The maximum Gasteiger partial charge on any atom is 0.407 e. The lowest BCUT2D eigenvalue weighted by Gasteiger charge is -2.21. The second-order valence-electron chi connectivity index (χ2n) is 7.89. The summed E-state index contributed by atoms with van der Waals surface area (Å²) in [6.45, 7) is 10.7. The fraction of sp³-hybridized carbons (Fsp3) is 0.789. The molecule has 28 heavy (non-hydrogen) atoms. The summed E-state index contributed by atoms with van der Waals surface area (Å²) in [7, 11) is 1.25. The SMILES string of the molecule is COC(=O)C(CCCCNC(=O)OC(C)(C)C)NC(=O)C(C)NC(=O)C(C)C. The zero-order chi connectivity index (χ0) is 21.9. The van der Waals surface area contributed by atoms with Crippen molar-refractivity contribution >= 4 is 23.9 Å². The summed E-state index contributed by atoms with van der Waals surface area (Å²) < 4.78 is 9.86. The van der Waals surface area contributed by atoms with Crippen molar-refractivity contribution in [2.45, 2.75) is 78.5 Å². The molecule has 0 aromatic rings. The van der Waals surface area contributed by atoms with E-state index in [0.717, 1.165) is 0 Å². The molecule has 0 heterocycles. The summed E-state index contributed by atoms with van der Waals surface area (Å²) in [4.78, 5) is 47.4. The van der Waals surface area contributed by atoms with Crippen LogP contribution in [0.2, 0.25) is 0 Å². The molecule has 0 bridgehead atoms. The number of hydrogen-bond donors (Lipinski definition) is 3. The molecule has 162 valence electrons. The van der Waals surface area contributed by atoms with Gasteiger partial charge in [-0.25, -0.2) is 9.59 Å². The van der Waals surface area contributed by atoms with Crippen molar-refractivity contribution in [1.29, 1.82) is 0 Å². The van der Waals surface area contributed by atoms with Gasteiger partial charge < -0.3 is 25.4 Å². The van der Waals surface area contributed by atoms with E-state index in [9.17, 15) is 19.2 Å². The number of hydrogen-bond acceptors (Lipinski definition) is 6. The lowest BCUT2D eigenvalue weighted by Crippen LogP contribution is -2.51. The van der Waals surface area contributed by atoms with E-state index in [2.05, 4.69) is 16.0 Å². The Labute approximate surface area is 167 Å². The van der Waals surface area contributed by atoms with Gasteiger partial charge in [-0.3, -0.25) is 9.59 Å². The second-order valence-corrected chi connectivity index (χ2v) is 7.89. The molecule has 0 aliphatic rings. The van der Waals surface area contributed by atoms with Crippen LogP contribution in [0.25, 0.3) is 0 Å². The van der Waals surface area contributed by atoms with Crippen LogP contribution in [0.5, 0.6) is 0 Å². The highest BCUT2D eigenvalue weighted by Crippen LogP contribution is 2.07. The molecule has 9 nitrogen and oxygen atoms in total. The molecule has 0 saturated heterocycles. The first-order valence-electron chi connectivity index (χ1n) is 9.52. The third kappa shape index (κ3) is 11.4. The Morgan fingerprint density at radius 3 is 2.04 bits per heavy atom. The van der Waals surface area contributed by atoms with E-state index in [0.29, 0.717) is 25.8 Å². The van der Waals surface area contributed by atoms with Crippen LogP contribution in [0.15, 0.2) is 0 Å². The van der Waals surface area contributed by atoms with Gasteiger partial charge in [0.15, 0.2) is 0 Å². The molecule has 0 saturated carbocycles. The maximum absolute atomic E-state index is 12.2. The number of carbonyl (C=O) groups is 4. The number of rotatable bonds is 10. The first kappa shape index (κ1) is 25.7. The van der Waals surface area contributed by atoms with Gasteiger partial charge >= 0.3 is 12.1 Å². The van der Waals surface area contributed by atoms with Crippen molar-refractivity contribution < 1.29 is 28.7 Å². The topological polar surface area (TPSA) is 123 Å². The summed E-state index contributed by atoms with van der Waals surface area (Å²) in [6, 6.07) is -1.59. The number of nitrogens with one attached hydrogen (secondary N) is 3. The minimum Gasteiger partial charge on any atom is -0.467 e. The first-order valence-corrected chi connectivity index (χ1v) is 9.52. The van der Waals surface area contributed by atoms with Crippen molar-refractivity contribution in [3.63, 3.8) is 0 Å². The van der Waals surface area contributed by atoms with E-state index in [1.54, 1.807) is 41.5 Å². The minimum absolute atomic E-state index is 0.245. The predicted octanol–water partition coefficient (Wildman–Crippen LogP) is 1.50. The monoisotopic (exact) mass is 401 g/mol. The molecule has 0 aliphatic carbocycles. The molecule has 0 radical (unpaired) electrons. The van der Waals surface area contributed by atoms with Gasteiger partial charge in [-0.15, -0.1) is 0 Å². The van der Waals surface area contributed by atoms with Crippen molar-refractivity contribution in [2.75, 3.05) is 13.7 Å². The second kappa shape index (κ2) is 12.2. The summed E-state index contributed by atoms with van der Waals surface area (Å²) >= 11 is 0. The van der Waals surface area contributed by atoms with Crippen LogP contribution in [0.1, 0.15) is 60.8 Å². The van der Waals surface area contributed by atoms with Gasteiger partial charge in [0.25, 0.3) is 0 Å². The van der Waals surface area contributed by atoms with Gasteiger partial charge in [0.1, 0.15) is 17.7 Å². The van der Waals surface area contributed by atoms with E-state index in [4.69, 9.17) is 9.47 Å². The fourth-order valence-electron chi connectivity index (χ4n) is 2.11. The van der Waals surface area contributed by atoms with E-state index in [1.165, 1.54) is 7.11 Å². The van der Waals surface area contributed by atoms with E-state index < -0.39 is 35.7 Å². The van der Waals surface area contributed by atoms with E-state index >= 15 is 0 Å². The highest BCUT2D eigenvalue weighted by molar-refractivity contribution is 5.90. The molecule has 0 spiro atoms. The molecule has 9 heteroatoms. The highest BCUT2D eigenvalue weighted by Gasteiger charge is 2.25. The molecule has 0 aromatic heterocycles. The summed E-state index contributed by atoms with van der Waals surface area (Å²) in [6.07, 6.45) is 1.02. The lowest BCUT2D eigenvalue weighted by molar-refractivity contribution is -0.145. The molecule has 0 rings (SSSR count). The average molecular weight is 402 g/mol. The quantitative estimate of drug-likeness (QED) is 0.377. The number of amides is 3. The smallest absolute Gasteiger partial charge is 0.407 e. The Bertz CT molecular complexity index is 542. The standard InChI is InChI=1S/C19H35N3O6/c1-12(2)15(23)21-13(3)16(24)22-14(17(25)27-7)10-8-9-11-20-18(26)28-19(4,5)6/h12-14H,8-11H2,1-7H3,(H,20,26)(H,21,23)(H,22,24). The summed E-state index contributed by atoms with van der Waals surface area (Å²) in [5.41, 5.74) is -0.563. The maximum atomic E-state index is 12.2. The lowest BCUT2D eigenvalue weighted by atomic mass is 10.1. The third-order valence-corrected chi connectivity index (χ3v) is 3.67. The Morgan fingerprint density at radius 2 is 1.54 bits per heavy atom. The molecule has 0 aromatic carbocycles. The first-order chi connectivity index (χ1) is 12.9. The Kier molecular flexibility index (Phi) is 11.2. The normalized spacial score (nSPS) is 13.3. The van der Waals surface area contributed by atoms with Crippen LogP contribution >= 0.6 is 0 Å². The van der Waals surface area contributed by atoms with Crippen molar-refractivity contribution in [3.8, 4) is 0 Å². The van der Waals surface area contributed by atoms with Crippen LogP contribution in [0, 0.1) is 5.92 Å². The van der Waals surface area contributed by atoms with E-state index in [1.807, 2.05) is 0 Å². The third-order valence-electron chi connectivity index (χ3n) is 3.67. The molecule has 3 amide bonds. The number of alkyl carbamates (subject to hydrolysis) is 1. The molecule has 0 aliphatic heterocycles. The highest BCUT2D eigenvalue weighted by atomic mass is 16.6. The summed E-state index contributed by atoms with van der Waals surface area (Å²) in [5.74, 6) is -1.51. The van der Waals surface area contributed by atoms with Crippen LogP contribution in [-0.2, 0) is 23.9 Å². The number of unbranched alkanes of at least 4 members (excludes halogenated alkanes) is 1. The predicted molar refractivity (Wildman–Crippen MR) is 104 cm³/mol. The number of esters is 1. The van der Waals surface area contributed by atoms with Crippen LogP contribution in [-0.4, -0.2) is 55.2 Å². The number of ether oxygens (including phenoxy) is 2. The van der Waals surface area contributed by atoms with Gasteiger partial charge in [-0.2, -0.15) is 0 Å². The Hall–Kier alpha value is -2.32. The van der Waals surface area contributed by atoms with Gasteiger partial charge in [-0.05, 0) is 47.0 Å². The molecule has 3 N–H and O–H groups in total. The Morgan fingerprint density at radius 1 is 0.929 bits per heavy atom. The van der Waals surface area contributed by atoms with Crippen molar-refractivity contribution in [2.24, 2.45) is 5.92 Å². The van der Waals surface area contributed by atoms with Crippen LogP contribution < -0.4 is 16.0 Å². The minimum atomic E-state index is -0.822. The van der Waals surface area contributed by atoms with Gasteiger partial charge in [0.05, 0.1) is 7.11 Å². The van der Waals surface area contributed by atoms with Gasteiger partial charge in [0, 0.05) is 12.5 Å². The molecular weight excluding hydrogens is 366 g/mol. The van der Waals surface area contributed by atoms with Crippen molar-refractivity contribution in [1.82, 2.24) is 16.0 Å². The number of carbonyl (C=O) groups excluding carboxylic acids is 4. The van der Waals surface area contributed by atoms with Crippen LogP contribution in [0.3, 0.4) is 0 Å². The molecule has 2 atom stereocenters.